The van der Waals surface area contributed by atoms with Gasteiger partial charge in [-0.1, -0.05) is 26.8 Å². The second-order valence-corrected chi connectivity index (χ2v) is 3.74. The first-order valence-electron chi connectivity index (χ1n) is 6.42. The quantitative estimate of drug-likeness (QED) is 0.785. The number of ether oxygens (including phenoxy) is 1. The Kier molecular flexibility index (Phi) is 5.98. The summed E-state index contributed by atoms with van der Waals surface area (Å²) in [6.45, 7) is 9.02. The van der Waals surface area contributed by atoms with Gasteiger partial charge in [0.2, 0.25) is 0 Å². The van der Waals surface area contributed by atoms with E-state index in [2.05, 4.69) is 11.8 Å². The average molecular weight is 239 g/mol. The number of hydrogen-bond acceptors (Lipinski definition) is 2. The van der Waals surface area contributed by atoms with Gasteiger partial charge in [0.05, 0.1) is 18.9 Å². The van der Waals surface area contributed by atoms with Crippen LogP contribution in [0.2, 0.25) is 0 Å². The van der Waals surface area contributed by atoms with Crippen LogP contribution in [0.15, 0.2) is 18.2 Å². The molecule has 0 radical (unpaired) electrons. The maximum atomic E-state index is 13.6. The third kappa shape index (κ3) is 3.70. The molecule has 1 aromatic rings. The highest BCUT2D eigenvalue weighted by Gasteiger charge is 2.14. The van der Waals surface area contributed by atoms with Crippen LogP contribution >= 0.6 is 0 Å². The zero-order valence-corrected chi connectivity index (χ0v) is 11.0. The summed E-state index contributed by atoms with van der Waals surface area (Å²) in [5.41, 5.74) is 1.90. The maximum Gasteiger partial charge on any atom is 0.146 e. The van der Waals surface area contributed by atoms with Gasteiger partial charge in [-0.2, -0.15) is 0 Å². The van der Waals surface area contributed by atoms with Gasteiger partial charge in [0.15, 0.2) is 0 Å². The highest BCUT2D eigenvalue weighted by Crippen LogP contribution is 2.22. The minimum Gasteiger partial charge on any atom is -0.378 e. The molecule has 1 saturated heterocycles. The molecule has 0 amide bonds. The van der Waals surface area contributed by atoms with Crippen molar-refractivity contribution in [1.82, 2.24) is 0 Å². The van der Waals surface area contributed by atoms with E-state index >= 15 is 0 Å². The van der Waals surface area contributed by atoms with Crippen molar-refractivity contribution in [2.75, 3.05) is 31.2 Å². The van der Waals surface area contributed by atoms with Crippen molar-refractivity contribution >= 4 is 5.69 Å². The van der Waals surface area contributed by atoms with Gasteiger partial charge < -0.3 is 9.64 Å². The summed E-state index contributed by atoms with van der Waals surface area (Å²) in [4.78, 5) is 2.05. The fourth-order valence-electron chi connectivity index (χ4n) is 1.82. The van der Waals surface area contributed by atoms with Crippen molar-refractivity contribution in [2.45, 2.75) is 27.2 Å². The molecule has 3 heteroatoms. The molecular formula is C14H22FNO. The first kappa shape index (κ1) is 14.0. The van der Waals surface area contributed by atoms with Crippen molar-refractivity contribution in [3.63, 3.8) is 0 Å². The largest absolute Gasteiger partial charge is 0.378 e. The first-order chi connectivity index (χ1) is 8.31. The third-order valence-electron chi connectivity index (χ3n) is 2.77. The van der Waals surface area contributed by atoms with E-state index in [9.17, 15) is 4.39 Å². The van der Waals surface area contributed by atoms with Crippen LogP contribution in [0.25, 0.3) is 0 Å². The number of nitrogens with zero attached hydrogens (tertiary/aromatic N) is 1. The molecule has 1 aliphatic rings. The summed E-state index contributed by atoms with van der Waals surface area (Å²) in [5, 5.41) is 0. The van der Waals surface area contributed by atoms with Gasteiger partial charge in [-0.15, -0.1) is 0 Å². The van der Waals surface area contributed by atoms with Crippen LogP contribution in [0.5, 0.6) is 0 Å². The molecule has 0 bridgehead atoms. The van der Waals surface area contributed by atoms with Crippen molar-refractivity contribution in [3.8, 4) is 0 Å². The summed E-state index contributed by atoms with van der Waals surface area (Å²) in [6, 6.07) is 5.35. The molecular weight excluding hydrogens is 217 g/mol. The van der Waals surface area contributed by atoms with Gasteiger partial charge in [0.25, 0.3) is 0 Å². The van der Waals surface area contributed by atoms with Crippen LogP contribution in [0.4, 0.5) is 10.1 Å². The fourth-order valence-corrected chi connectivity index (χ4v) is 1.82. The van der Waals surface area contributed by atoms with E-state index < -0.39 is 0 Å². The molecule has 1 aliphatic heterocycles. The van der Waals surface area contributed by atoms with Crippen molar-refractivity contribution in [3.05, 3.63) is 29.6 Å². The minimum absolute atomic E-state index is 0.130. The summed E-state index contributed by atoms with van der Waals surface area (Å²) >= 11 is 0. The number of rotatable bonds is 2. The van der Waals surface area contributed by atoms with Crippen LogP contribution in [0.3, 0.4) is 0 Å². The second kappa shape index (κ2) is 7.28. The van der Waals surface area contributed by atoms with Crippen LogP contribution in [-0.4, -0.2) is 26.3 Å². The van der Waals surface area contributed by atoms with Gasteiger partial charge in [0.1, 0.15) is 5.82 Å². The first-order valence-corrected chi connectivity index (χ1v) is 6.42. The van der Waals surface area contributed by atoms with Crippen molar-refractivity contribution < 1.29 is 9.13 Å². The van der Waals surface area contributed by atoms with Gasteiger partial charge in [-0.05, 0) is 24.1 Å². The number of aryl methyl sites for hydroxylation is 1. The lowest BCUT2D eigenvalue weighted by atomic mass is 10.1. The topological polar surface area (TPSA) is 12.5 Å². The van der Waals surface area contributed by atoms with E-state index in [0.717, 1.165) is 25.2 Å². The number of hydrogen-bond donors (Lipinski definition) is 0. The maximum absolute atomic E-state index is 13.6. The monoisotopic (exact) mass is 239 g/mol. The van der Waals surface area contributed by atoms with Crippen LogP contribution in [0, 0.1) is 5.82 Å². The number of anilines is 1. The second-order valence-electron chi connectivity index (χ2n) is 3.74. The fraction of sp³-hybridized carbons (Fsp3) is 0.571. The average Bonchev–Trinajstić information content (AvgIpc) is 2.42. The number of benzene rings is 1. The Morgan fingerprint density at radius 2 is 1.88 bits per heavy atom. The molecule has 1 fully saturated rings. The van der Waals surface area contributed by atoms with Gasteiger partial charge in [-0.25, -0.2) is 4.39 Å². The molecule has 2 rings (SSSR count). The van der Waals surface area contributed by atoms with Gasteiger partial charge in [-0.3, -0.25) is 0 Å². The molecule has 0 N–H and O–H groups in total. The smallest absolute Gasteiger partial charge is 0.146 e. The molecule has 0 aromatic heterocycles. The van der Waals surface area contributed by atoms with E-state index in [1.807, 2.05) is 26.0 Å². The summed E-state index contributed by atoms with van der Waals surface area (Å²) < 4.78 is 18.9. The molecule has 0 spiro atoms. The predicted molar refractivity (Wildman–Crippen MR) is 70.2 cm³/mol. The Morgan fingerprint density at radius 3 is 2.47 bits per heavy atom. The Morgan fingerprint density at radius 1 is 1.24 bits per heavy atom. The molecule has 0 aliphatic carbocycles. The SMILES string of the molecule is CC.CCc1ccc(F)c(N2CCOCC2)c1. The van der Waals surface area contributed by atoms with Crippen LogP contribution in [-0.2, 0) is 11.2 Å². The van der Waals surface area contributed by atoms with E-state index in [0.29, 0.717) is 13.2 Å². The summed E-state index contributed by atoms with van der Waals surface area (Å²) in [7, 11) is 0. The molecule has 2 nitrogen and oxygen atoms in total. The normalized spacial score (nSPS) is 15.2. The highest BCUT2D eigenvalue weighted by molar-refractivity contribution is 5.50. The van der Waals surface area contributed by atoms with Gasteiger partial charge in [0, 0.05) is 13.1 Å². The Hall–Kier alpha value is -1.09. The third-order valence-corrected chi connectivity index (χ3v) is 2.77. The Bertz CT molecular complexity index is 335. The summed E-state index contributed by atoms with van der Waals surface area (Å²) in [6.07, 6.45) is 0.942. The lowest BCUT2D eigenvalue weighted by molar-refractivity contribution is 0.122. The zero-order chi connectivity index (χ0) is 12.7. The number of morpholine rings is 1. The van der Waals surface area contributed by atoms with E-state index in [4.69, 9.17) is 4.74 Å². The predicted octanol–water partition coefficient (Wildman–Crippen LogP) is 3.25. The Labute approximate surface area is 103 Å². The van der Waals surface area contributed by atoms with Gasteiger partial charge >= 0.3 is 0 Å². The minimum atomic E-state index is -0.130. The van der Waals surface area contributed by atoms with Crippen LogP contribution < -0.4 is 4.90 Å². The standard InChI is InChI=1S/C12H16FNO.C2H6/c1-2-10-3-4-11(13)12(9-10)14-5-7-15-8-6-14;1-2/h3-4,9H,2,5-8H2,1H3;1-2H3. The number of halogens is 1. The molecule has 1 aromatic carbocycles. The highest BCUT2D eigenvalue weighted by atomic mass is 19.1. The molecule has 0 unspecified atom stereocenters. The van der Waals surface area contributed by atoms with Crippen molar-refractivity contribution in [2.24, 2.45) is 0 Å². The lowest BCUT2D eigenvalue weighted by Gasteiger charge is -2.29. The van der Waals surface area contributed by atoms with E-state index in [1.54, 1.807) is 6.07 Å². The van der Waals surface area contributed by atoms with E-state index in [-0.39, 0.29) is 5.82 Å². The molecule has 17 heavy (non-hydrogen) atoms. The zero-order valence-electron chi connectivity index (χ0n) is 11.0. The van der Waals surface area contributed by atoms with Crippen molar-refractivity contribution in [1.29, 1.82) is 0 Å². The lowest BCUT2D eigenvalue weighted by Crippen LogP contribution is -2.36. The molecule has 1 heterocycles. The van der Waals surface area contributed by atoms with Crippen LogP contribution in [0.1, 0.15) is 26.3 Å². The molecule has 96 valence electrons. The summed E-state index contributed by atoms with van der Waals surface area (Å²) in [5.74, 6) is -0.130. The molecule has 0 atom stereocenters. The van der Waals surface area contributed by atoms with E-state index in [1.165, 1.54) is 5.56 Å². The molecule has 0 saturated carbocycles. The Balaban J connectivity index is 0.000000686.